The Morgan fingerprint density at radius 2 is 1.59 bits per heavy atom. The molecule has 6 fully saturated rings. The summed E-state index contributed by atoms with van der Waals surface area (Å²) in [4.78, 5) is 13.7. The Bertz CT molecular complexity index is 981. The number of hydrogen-bond donors (Lipinski definition) is 5. The Balaban J connectivity index is 1.50. The highest BCUT2D eigenvalue weighted by Gasteiger charge is 2.84. The molecule has 210 valence electrons. The predicted molar refractivity (Wildman–Crippen MR) is 136 cm³/mol. The summed E-state index contributed by atoms with van der Waals surface area (Å²) < 4.78 is 6.59. The Morgan fingerprint density at radius 1 is 0.919 bits per heavy atom. The van der Waals surface area contributed by atoms with Gasteiger partial charge in [-0.2, -0.15) is 0 Å². The van der Waals surface area contributed by atoms with E-state index in [1.54, 1.807) is 0 Å². The molecule has 5 N–H and O–H groups in total. The number of ether oxygens (including phenoxy) is 1. The molecule has 1 spiro atoms. The Hall–Kier alpha value is -0.730. The summed E-state index contributed by atoms with van der Waals surface area (Å²) in [5.41, 5.74) is -3.86. The molecule has 6 aliphatic rings. The zero-order valence-corrected chi connectivity index (χ0v) is 23.2. The smallest absolute Gasteiger partial charge is 0.313 e. The van der Waals surface area contributed by atoms with Crippen LogP contribution in [-0.2, 0) is 9.53 Å². The number of esters is 1. The summed E-state index contributed by atoms with van der Waals surface area (Å²) in [5, 5.41) is 55.3. The molecule has 0 unspecified atom stereocenters. The van der Waals surface area contributed by atoms with E-state index in [9.17, 15) is 30.3 Å². The zero-order chi connectivity index (χ0) is 27.0. The Kier molecular flexibility index (Phi) is 5.52. The van der Waals surface area contributed by atoms with Crippen LogP contribution in [0.4, 0.5) is 0 Å². The van der Waals surface area contributed by atoms with Gasteiger partial charge in [0.2, 0.25) is 0 Å². The fourth-order valence-electron chi connectivity index (χ4n) is 12.3. The number of fused-ring (bicyclic) bond motifs is 4. The van der Waals surface area contributed by atoms with Crippen LogP contribution in [-0.4, -0.2) is 68.6 Å². The second-order valence-corrected chi connectivity index (χ2v) is 15.1. The van der Waals surface area contributed by atoms with E-state index in [4.69, 9.17) is 4.74 Å². The van der Waals surface area contributed by atoms with Crippen LogP contribution < -0.4 is 0 Å². The van der Waals surface area contributed by atoms with Gasteiger partial charge >= 0.3 is 5.97 Å². The molecule has 0 amide bonds. The molecule has 13 atom stereocenters. The molecule has 1 aliphatic heterocycles. The monoisotopic (exact) mass is 520 g/mol. The summed E-state index contributed by atoms with van der Waals surface area (Å²) in [6, 6.07) is 0. The van der Waals surface area contributed by atoms with E-state index in [-0.39, 0.29) is 35.1 Å². The highest BCUT2D eigenvalue weighted by Crippen LogP contribution is 2.80. The van der Waals surface area contributed by atoms with Crippen molar-refractivity contribution in [1.82, 2.24) is 0 Å². The Morgan fingerprint density at radius 3 is 2.24 bits per heavy atom. The maximum absolute atomic E-state index is 13.7. The third-order valence-corrected chi connectivity index (χ3v) is 14.5. The molecular weight excluding hydrogens is 472 g/mol. The average Bonchev–Trinajstić information content (AvgIpc) is 3.07. The first-order chi connectivity index (χ1) is 17.3. The van der Waals surface area contributed by atoms with E-state index >= 15 is 0 Å². The van der Waals surface area contributed by atoms with Crippen molar-refractivity contribution in [2.45, 2.75) is 110 Å². The van der Waals surface area contributed by atoms with E-state index in [1.807, 2.05) is 0 Å². The van der Waals surface area contributed by atoms with Crippen molar-refractivity contribution in [3.05, 3.63) is 0 Å². The zero-order valence-electron chi connectivity index (χ0n) is 23.2. The molecular formula is C30H48O7. The maximum atomic E-state index is 13.7. The van der Waals surface area contributed by atoms with E-state index < -0.39 is 58.8 Å². The lowest BCUT2D eigenvalue weighted by Gasteiger charge is -2.75. The fraction of sp³-hybridized carbons (Fsp3) is 0.967. The summed E-state index contributed by atoms with van der Waals surface area (Å²) >= 11 is 0. The molecule has 2 bridgehead atoms. The first-order valence-corrected chi connectivity index (χ1v) is 14.7. The van der Waals surface area contributed by atoms with Crippen molar-refractivity contribution in [1.29, 1.82) is 0 Å². The van der Waals surface area contributed by atoms with Crippen LogP contribution in [0.3, 0.4) is 0 Å². The summed E-state index contributed by atoms with van der Waals surface area (Å²) in [6.07, 6.45) is 2.69. The minimum absolute atomic E-state index is 0.0129. The van der Waals surface area contributed by atoms with E-state index in [1.165, 1.54) is 0 Å². The van der Waals surface area contributed by atoms with Crippen LogP contribution in [0.2, 0.25) is 0 Å². The average molecular weight is 521 g/mol. The predicted octanol–water partition coefficient (Wildman–Crippen LogP) is 2.65. The molecule has 0 aromatic heterocycles. The van der Waals surface area contributed by atoms with Gasteiger partial charge in [0, 0.05) is 16.7 Å². The van der Waals surface area contributed by atoms with Crippen molar-refractivity contribution < 1.29 is 35.1 Å². The van der Waals surface area contributed by atoms with Gasteiger partial charge in [0.05, 0.1) is 36.9 Å². The number of carbonyl (C=O) groups is 1. The second-order valence-electron chi connectivity index (χ2n) is 15.1. The first kappa shape index (κ1) is 26.5. The van der Waals surface area contributed by atoms with E-state index in [0.29, 0.717) is 25.2 Å². The molecule has 1 saturated heterocycles. The molecule has 6 rings (SSSR count). The highest BCUT2D eigenvalue weighted by atomic mass is 16.6. The lowest BCUT2D eigenvalue weighted by atomic mass is 9.30. The van der Waals surface area contributed by atoms with Crippen LogP contribution in [0.5, 0.6) is 0 Å². The third-order valence-electron chi connectivity index (χ3n) is 14.5. The van der Waals surface area contributed by atoms with Crippen LogP contribution in [0.1, 0.15) is 86.0 Å². The number of rotatable bonds is 2. The number of hydrogen-bond acceptors (Lipinski definition) is 7. The minimum atomic E-state index is -1.20. The molecule has 0 aromatic rings. The van der Waals surface area contributed by atoms with Gasteiger partial charge in [-0.15, -0.1) is 0 Å². The molecule has 0 aromatic carbocycles. The normalized spacial score (nSPS) is 60.0. The molecule has 1 heterocycles. The Labute approximate surface area is 221 Å². The minimum Gasteiger partial charge on any atom is -0.455 e. The van der Waals surface area contributed by atoms with Gasteiger partial charge in [-0.3, -0.25) is 4.79 Å². The van der Waals surface area contributed by atoms with E-state index in [0.717, 1.165) is 32.1 Å². The van der Waals surface area contributed by atoms with Crippen molar-refractivity contribution in [2.75, 3.05) is 13.2 Å². The molecule has 7 nitrogen and oxygen atoms in total. The van der Waals surface area contributed by atoms with Gasteiger partial charge in [0.15, 0.2) is 0 Å². The van der Waals surface area contributed by atoms with Gasteiger partial charge in [-0.1, -0.05) is 34.6 Å². The van der Waals surface area contributed by atoms with Crippen molar-refractivity contribution in [3.8, 4) is 0 Å². The lowest BCUT2D eigenvalue weighted by Crippen LogP contribution is -2.77. The number of aliphatic hydroxyl groups is 5. The van der Waals surface area contributed by atoms with Gasteiger partial charge < -0.3 is 30.3 Å². The standard InChI is InChI=1S/C30H48O7/c1-16-6-9-28-11-10-27(5)26(4)8-7-19-25(3,13-18(33)23(35)29(19,14-31)15-32)20(26)12-21(34)30(27,37-24(28)36)22(28)17(16)2/h16-23,31-35H,6-15H2,1-5H3/t16-,17+,18-,19-,20-,21-,22-,23-,25+,26-,27+,28+,30+/m1/s1. The second kappa shape index (κ2) is 7.72. The van der Waals surface area contributed by atoms with Crippen molar-refractivity contribution in [3.63, 3.8) is 0 Å². The molecule has 37 heavy (non-hydrogen) atoms. The largest absolute Gasteiger partial charge is 0.455 e. The highest BCUT2D eigenvalue weighted by molar-refractivity contribution is 5.82. The third kappa shape index (κ3) is 2.61. The van der Waals surface area contributed by atoms with Gasteiger partial charge in [-0.05, 0) is 85.9 Å². The topological polar surface area (TPSA) is 127 Å². The van der Waals surface area contributed by atoms with Crippen molar-refractivity contribution >= 4 is 5.97 Å². The summed E-state index contributed by atoms with van der Waals surface area (Å²) in [6.45, 7) is 10.5. The maximum Gasteiger partial charge on any atom is 0.313 e. The summed E-state index contributed by atoms with van der Waals surface area (Å²) in [5.74, 6) is 0.399. The number of aliphatic hydroxyl groups excluding tert-OH is 5. The first-order valence-electron chi connectivity index (χ1n) is 14.7. The van der Waals surface area contributed by atoms with Crippen LogP contribution in [0.15, 0.2) is 0 Å². The quantitative estimate of drug-likeness (QED) is 0.354. The molecule has 5 aliphatic carbocycles. The lowest BCUT2D eigenvalue weighted by molar-refractivity contribution is -0.330. The number of carbonyl (C=O) groups excluding carboxylic acids is 1. The van der Waals surface area contributed by atoms with Crippen LogP contribution in [0, 0.1) is 56.7 Å². The van der Waals surface area contributed by atoms with E-state index in [2.05, 4.69) is 34.6 Å². The molecule has 5 saturated carbocycles. The van der Waals surface area contributed by atoms with Crippen LogP contribution >= 0.6 is 0 Å². The van der Waals surface area contributed by atoms with Gasteiger partial charge in [0.25, 0.3) is 0 Å². The van der Waals surface area contributed by atoms with Crippen molar-refractivity contribution in [2.24, 2.45) is 56.7 Å². The SMILES string of the molecule is C[C@H]1[C@H](C)CC[C@@]23CC[C@]4(C)[C@](OC2=O)([C@H](O)C[C@@H]2[C@@]5(C)C[C@@H](O)[C@@H](O)C(CO)(CO)[C@@H]5CC[C@]24C)[C@H]13. The van der Waals surface area contributed by atoms with Gasteiger partial charge in [0.1, 0.15) is 5.60 Å². The molecule has 7 heteroatoms. The van der Waals surface area contributed by atoms with Gasteiger partial charge in [-0.25, -0.2) is 0 Å². The van der Waals surface area contributed by atoms with Crippen LogP contribution in [0.25, 0.3) is 0 Å². The molecule has 0 radical (unpaired) electrons. The fourth-order valence-corrected chi connectivity index (χ4v) is 12.3. The summed E-state index contributed by atoms with van der Waals surface area (Å²) in [7, 11) is 0.